The van der Waals surface area contributed by atoms with E-state index >= 15 is 0 Å². The van der Waals surface area contributed by atoms with Crippen molar-refractivity contribution >= 4 is 43.7 Å². The number of hydrogen-bond donors (Lipinski definition) is 2. The fourth-order valence-electron chi connectivity index (χ4n) is 0.710. The summed E-state index contributed by atoms with van der Waals surface area (Å²) in [6, 6.07) is 6.01. The van der Waals surface area contributed by atoms with E-state index in [1.54, 1.807) is 12.1 Å². The summed E-state index contributed by atoms with van der Waals surface area (Å²) in [5.74, 6) is 3.73. The number of nitrogens with two attached hydrogens (primary N) is 1. The third-order valence-electron chi connectivity index (χ3n) is 1.23. The Bertz CT molecular complexity index is 285. The number of aromatic hydroxyl groups is 1. The number of hydrogen-bond acceptors (Lipinski definition) is 4. The van der Waals surface area contributed by atoms with Crippen molar-refractivity contribution in [3.05, 3.63) is 29.8 Å². The SMILES string of the molecule is NOC(=O)c1ccccc1O.[Ca+2].[H-].[H-]. The van der Waals surface area contributed by atoms with Crippen LogP contribution >= 0.6 is 0 Å². The van der Waals surface area contributed by atoms with Gasteiger partial charge in [-0.05, 0) is 12.1 Å². The molecule has 4 nitrogen and oxygen atoms in total. The average Bonchev–Trinajstić information content (AvgIpc) is 2.04. The van der Waals surface area contributed by atoms with Crippen LogP contribution in [0.4, 0.5) is 0 Å². The fraction of sp³-hybridized carbons (Fsp3) is 0. The van der Waals surface area contributed by atoms with Crippen LogP contribution in [0.1, 0.15) is 13.2 Å². The van der Waals surface area contributed by atoms with Crippen molar-refractivity contribution in [3.8, 4) is 5.75 Å². The smallest absolute Gasteiger partial charge is 1.00 e. The maximum atomic E-state index is 10.7. The van der Waals surface area contributed by atoms with Crippen LogP contribution < -0.4 is 5.90 Å². The summed E-state index contributed by atoms with van der Waals surface area (Å²) in [5.41, 5.74) is 0.0648. The third-order valence-corrected chi connectivity index (χ3v) is 1.23. The molecule has 0 saturated carbocycles. The van der Waals surface area contributed by atoms with Crippen LogP contribution in [-0.4, -0.2) is 48.8 Å². The molecule has 0 unspecified atom stereocenters. The Morgan fingerprint density at radius 2 is 2.08 bits per heavy atom. The van der Waals surface area contributed by atoms with Crippen molar-refractivity contribution in [1.82, 2.24) is 0 Å². The fourth-order valence-corrected chi connectivity index (χ4v) is 0.710. The van der Waals surface area contributed by atoms with E-state index < -0.39 is 5.97 Å². The summed E-state index contributed by atoms with van der Waals surface area (Å²) in [4.78, 5) is 14.6. The summed E-state index contributed by atoms with van der Waals surface area (Å²) in [7, 11) is 0. The van der Waals surface area contributed by atoms with Crippen LogP contribution in [0.3, 0.4) is 0 Å². The van der Waals surface area contributed by atoms with Gasteiger partial charge in [0.25, 0.3) is 0 Å². The molecule has 0 radical (unpaired) electrons. The summed E-state index contributed by atoms with van der Waals surface area (Å²) in [5, 5.41) is 9.06. The Labute approximate surface area is 102 Å². The van der Waals surface area contributed by atoms with Crippen molar-refractivity contribution in [2.45, 2.75) is 0 Å². The summed E-state index contributed by atoms with van der Waals surface area (Å²) < 4.78 is 0. The van der Waals surface area contributed by atoms with Crippen LogP contribution in [0, 0.1) is 0 Å². The molecular weight excluding hydrogens is 186 g/mol. The molecule has 0 heterocycles. The minimum atomic E-state index is -0.747. The average molecular weight is 195 g/mol. The molecule has 0 atom stereocenters. The second-order valence-electron chi connectivity index (χ2n) is 1.92. The molecule has 0 amide bonds. The summed E-state index contributed by atoms with van der Waals surface area (Å²) >= 11 is 0. The molecule has 0 aliphatic heterocycles. The van der Waals surface area contributed by atoms with Gasteiger partial charge in [-0.3, -0.25) is 0 Å². The largest absolute Gasteiger partial charge is 2.00 e. The molecule has 12 heavy (non-hydrogen) atoms. The Hall–Kier alpha value is -0.290. The van der Waals surface area contributed by atoms with Crippen molar-refractivity contribution in [2.24, 2.45) is 5.90 Å². The van der Waals surface area contributed by atoms with Crippen molar-refractivity contribution in [2.75, 3.05) is 0 Å². The Kier molecular flexibility index (Phi) is 5.24. The molecule has 1 aromatic carbocycles. The molecule has 0 spiro atoms. The first-order valence-electron chi connectivity index (χ1n) is 2.94. The van der Waals surface area contributed by atoms with Gasteiger partial charge < -0.3 is 12.8 Å². The zero-order valence-electron chi connectivity index (χ0n) is 8.36. The first-order chi connectivity index (χ1) is 5.25. The molecular formula is C7H9CaNO3. The van der Waals surface area contributed by atoms with Crippen LogP contribution in [0.5, 0.6) is 5.75 Å². The third kappa shape index (κ3) is 2.64. The zero-order valence-corrected chi connectivity index (χ0v) is 8.57. The number of para-hydroxylation sites is 1. The summed E-state index contributed by atoms with van der Waals surface area (Å²) in [6.45, 7) is 0. The number of rotatable bonds is 1. The van der Waals surface area contributed by atoms with Crippen molar-refractivity contribution in [1.29, 1.82) is 0 Å². The molecule has 0 aliphatic carbocycles. The molecule has 0 aromatic heterocycles. The van der Waals surface area contributed by atoms with E-state index in [1.165, 1.54) is 12.1 Å². The normalized spacial score (nSPS) is 8.42. The van der Waals surface area contributed by atoms with Gasteiger partial charge in [-0.1, -0.05) is 12.1 Å². The van der Waals surface area contributed by atoms with E-state index in [2.05, 4.69) is 10.7 Å². The van der Waals surface area contributed by atoms with E-state index in [-0.39, 0.29) is 51.9 Å². The Morgan fingerprint density at radius 1 is 1.50 bits per heavy atom. The van der Waals surface area contributed by atoms with E-state index in [4.69, 9.17) is 5.11 Å². The Balaban J connectivity index is -0.000000403. The monoisotopic (exact) mass is 195 g/mol. The number of phenols is 1. The van der Waals surface area contributed by atoms with Gasteiger partial charge in [0.1, 0.15) is 11.3 Å². The summed E-state index contributed by atoms with van der Waals surface area (Å²) in [6.07, 6.45) is 0. The van der Waals surface area contributed by atoms with Gasteiger partial charge in [-0.25, -0.2) is 4.79 Å². The molecule has 0 bridgehead atoms. The van der Waals surface area contributed by atoms with Gasteiger partial charge in [0.05, 0.1) is 0 Å². The quantitative estimate of drug-likeness (QED) is 0.498. The predicted molar refractivity (Wildman–Crippen MR) is 45.7 cm³/mol. The molecule has 1 aromatic rings. The molecule has 1 rings (SSSR count). The first kappa shape index (κ1) is 11.7. The predicted octanol–water partition coefficient (Wildman–Crippen LogP) is 0.267. The molecule has 3 N–H and O–H groups in total. The van der Waals surface area contributed by atoms with Gasteiger partial charge in [0.15, 0.2) is 0 Å². The van der Waals surface area contributed by atoms with E-state index in [0.717, 1.165) is 0 Å². The molecule has 5 heteroatoms. The Morgan fingerprint density at radius 3 is 2.58 bits per heavy atom. The van der Waals surface area contributed by atoms with Crippen LogP contribution in [0.25, 0.3) is 0 Å². The maximum Gasteiger partial charge on any atom is 2.00 e. The van der Waals surface area contributed by atoms with Gasteiger partial charge in [0.2, 0.25) is 0 Å². The van der Waals surface area contributed by atoms with Gasteiger partial charge in [-0.2, -0.15) is 5.90 Å². The van der Waals surface area contributed by atoms with Gasteiger partial charge >= 0.3 is 43.7 Å². The topological polar surface area (TPSA) is 72.5 Å². The first-order valence-corrected chi connectivity index (χ1v) is 2.94. The number of phenolic OH excluding ortho intramolecular Hbond substituents is 1. The molecule has 0 aliphatic rings. The minimum absolute atomic E-state index is 0. The molecule has 0 fully saturated rings. The standard InChI is InChI=1S/C7H7NO3.Ca.2H/c8-11-7(10)5-3-1-2-4-6(5)9;;;/h1-4,9H,8H2;;;/q;+2;2*-1. The second kappa shape index (κ2) is 5.37. The molecule has 0 saturated heterocycles. The van der Waals surface area contributed by atoms with Crippen molar-refractivity contribution < 1.29 is 17.6 Å². The second-order valence-corrected chi connectivity index (χ2v) is 1.92. The van der Waals surface area contributed by atoms with E-state index in [9.17, 15) is 4.79 Å². The minimum Gasteiger partial charge on any atom is -1.00 e. The van der Waals surface area contributed by atoms with E-state index in [1.807, 2.05) is 0 Å². The number of carbonyl (C=O) groups excluding carboxylic acids is 1. The van der Waals surface area contributed by atoms with Crippen LogP contribution in [0.15, 0.2) is 24.3 Å². The molecule has 62 valence electrons. The maximum absolute atomic E-state index is 10.7. The number of carbonyl (C=O) groups is 1. The van der Waals surface area contributed by atoms with E-state index in [0.29, 0.717) is 0 Å². The van der Waals surface area contributed by atoms with Gasteiger partial charge in [0, 0.05) is 0 Å². The zero-order chi connectivity index (χ0) is 8.27. The number of benzene rings is 1. The van der Waals surface area contributed by atoms with Crippen LogP contribution in [-0.2, 0) is 4.84 Å². The van der Waals surface area contributed by atoms with Crippen molar-refractivity contribution in [3.63, 3.8) is 0 Å². The van der Waals surface area contributed by atoms with Gasteiger partial charge in [-0.15, -0.1) is 0 Å². The van der Waals surface area contributed by atoms with Crippen LogP contribution in [0.2, 0.25) is 0 Å².